The van der Waals surface area contributed by atoms with E-state index in [0.29, 0.717) is 12.0 Å². The number of unbranched alkanes of at least 4 members (excludes halogenated alkanes) is 1. The van der Waals surface area contributed by atoms with Gasteiger partial charge in [-0.05, 0) is 19.8 Å². The summed E-state index contributed by atoms with van der Waals surface area (Å²) in [7, 11) is 0. The van der Waals surface area contributed by atoms with E-state index in [1.807, 2.05) is 6.92 Å². The summed E-state index contributed by atoms with van der Waals surface area (Å²) in [5, 5.41) is 9.51. The van der Waals surface area contributed by atoms with Crippen LogP contribution in [0.15, 0.2) is 23.2 Å². The zero-order valence-electron chi connectivity index (χ0n) is 9.99. The fourth-order valence-corrected chi connectivity index (χ4v) is 1.45. The highest BCUT2D eigenvalue weighted by molar-refractivity contribution is 5.94. The Morgan fingerprint density at radius 1 is 1.47 bits per heavy atom. The van der Waals surface area contributed by atoms with Gasteiger partial charge in [-0.3, -0.25) is 0 Å². The third-order valence-electron chi connectivity index (χ3n) is 2.30. The number of allylic oxidation sites excluding steroid dienone is 1. The second-order valence-corrected chi connectivity index (χ2v) is 3.58. The van der Waals surface area contributed by atoms with E-state index in [4.69, 9.17) is 9.47 Å². The number of esters is 2. The minimum atomic E-state index is -0.813. The lowest BCUT2D eigenvalue weighted by molar-refractivity contribution is -0.137. The van der Waals surface area contributed by atoms with Crippen LogP contribution in [0, 0.1) is 0 Å². The first-order valence-electron chi connectivity index (χ1n) is 5.63. The lowest BCUT2D eigenvalue weighted by Crippen LogP contribution is -2.03. The Balaban J connectivity index is 2.85. The zero-order valence-corrected chi connectivity index (χ0v) is 9.99. The maximum absolute atomic E-state index is 11.2. The molecule has 0 aliphatic carbocycles. The molecule has 1 heterocycles. The summed E-state index contributed by atoms with van der Waals surface area (Å²) in [6, 6.07) is 0. The van der Waals surface area contributed by atoms with Crippen molar-refractivity contribution in [3.8, 4) is 0 Å². The third-order valence-corrected chi connectivity index (χ3v) is 2.30. The van der Waals surface area contributed by atoms with Crippen LogP contribution in [0.4, 0.5) is 0 Å². The molecule has 1 aliphatic heterocycles. The number of cyclic esters (lactones) is 1. The first-order valence-corrected chi connectivity index (χ1v) is 5.63. The summed E-state index contributed by atoms with van der Waals surface area (Å²) in [6.07, 6.45) is 3.31. The minimum Gasteiger partial charge on any atom is -0.502 e. The number of ether oxygens (including phenoxy) is 2. The normalized spacial score (nSPS) is 17.5. The van der Waals surface area contributed by atoms with E-state index < -0.39 is 17.7 Å². The Labute approximate surface area is 99.7 Å². The number of carbonyl (C=O) groups is 2. The molecule has 0 atom stereocenters. The quantitative estimate of drug-likeness (QED) is 0.587. The van der Waals surface area contributed by atoms with Crippen molar-refractivity contribution in [3.05, 3.63) is 23.2 Å². The van der Waals surface area contributed by atoms with E-state index in [9.17, 15) is 14.7 Å². The van der Waals surface area contributed by atoms with Crippen molar-refractivity contribution in [3.63, 3.8) is 0 Å². The summed E-state index contributed by atoms with van der Waals surface area (Å²) in [5.41, 5.74) is 0.380. The first kappa shape index (κ1) is 13.3. The van der Waals surface area contributed by atoms with E-state index in [0.717, 1.165) is 18.9 Å². The molecule has 0 fully saturated rings. The van der Waals surface area contributed by atoms with Crippen LogP contribution in [-0.2, 0) is 19.1 Å². The molecule has 0 unspecified atom stereocenters. The van der Waals surface area contributed by atoms with Crippen molar-refractivity contribution in [2.45, 2.75) is 33.1 Å². The molecule has 1 N–H and O–H groups in total. The largest absolute Gasteiger partial charge is 0.502 e. The standard InChI is InChI=1S/C12H16O5/c1-3-5-6-8-9(7-10(13)16-4-2)17-12(15)11(8)14/h7,14H,3-6H2,1-2H3/b9-7-. The van der Waals surface area contributed by atoms with Crippen molar-refractivity contribution < 1.29 is 24.2 Å². The fourth-order valence-electron chi connectivity index (χ4n) is 1.45. The van der Waals surface area contributed by atoms with Crippen molar-refractivity contribution in [1.29, 1.82) is 0 Å². The molecule has 17 heavy (non-hydrogen) atoms. The molecule has 94 valence electrons. The van der Waals surface area contributed by atoms with E-state index in [-0.39, 0.29) is 12.4 Å². The fraction of sp³-hybridized carbons (Fsp3) is 0.500. The molecule has 0 aromatic rings. The molecular formula is C12H16O5. The summed E-state index contributed by atoms with van der Waals surface area (Å²) in [5.74, 6) is -1.71. The number of hydrogen-bond acceptors (Lipinski definition) is 5. The Kier molecular flexibility index (Phi) is 4.75. The van der Waals surface area contributed by atoms with Gasteiger partial charge in [-0.25, -0.2) is 9.59 Å². The first-order chi connectivity index (χ1) is 8.10. The average Bonchev–Trinajstić information content (AvgIpc) is 2.53. The van der Waals surface area contributed by atoms with Crippen LogP contribution in [0.1, 0.15) is 33.1 Å². The molecule has 5 nitrogen and oxygen atoms in total. The Bertz CT molecular complexity index is 378. The van der Waals surface area contributed by atoms with Crippen LogP contribution in [0.25, 0.3) is 0 Å². The molecule has 0 aromatic heterocycles. The van der Waals surface area contributed by atoms with Gasteiger partial charge in [-0.1, -0.05) is 13.3 Å². The summed E-state index contributed by atoms with van der Waals surface area (Å²) in [6.45, 7) is 3.92. The van der Waals surface area contributed by atoms with Gasteiger partial charge < -0.3 is 14.6 Å². The highest BCUT2D eigenvalue weighted by atomic mass is 16.6. The lowest BCUT2D eigenvalue weighted by Gasteiger charge is -2.02. The zero-order chi connectivity index (χ0) is 12.8. The van der Waals surface area contributed by atoms with Crippen LogP contribution in [-0.4, -0.2) is 23.7 Å². The Morgan fingerprint density at radius 3 is 2.76 bits per heavy atom. The van der Waals surface area contributed by atoms with Gasteiger partial charge in [-0.15, -0.1) is 0 Å². The van der Waals surface area contributed by atoms with Gasteiger partial charge in [0.25, 0.3) is 0 Å². The smallest absolute Gasteiger partial charge is 0.379 e. The maximum Gasteiger partial charge on any atom is 0.379 e. The van der Waals surface area contributed by atoms with Crippen molar-refractivity contribution >= 4 is 11.9 Å². The van der Waals surface area contributed by atoms with Crippen LogP contribution in [0.3, 0.4) is 0 Å². The second kappa shape index (κ2) is 6.08. The number of aliphatic hydroxyl groups excluding tert-OH is 1. The number of rotatable bonds is 5. The van der Waals surface area contributed by atoms with Gasteiger partial charge in [-0.2, -0.15) is 0 Å². The molecule has 0 aromatic carbocycles. The Hall–Kier alpha value is -1.78. The van der Waals surface area contributed by atoms with E-state index >= 15 is 0 Å². The highest BCUT2D eigenvalue weighted by Crippen LogP contribution is 2.28. The SMILES string of the molecule is CCCCC1=C(O)C(=O)O/C1=C\C(=O)OCC. The lowest BCUT2D eigenvalue weighted by atomic mass is 10.1. The highest BCUT2D eigenvalue weighted by Gasteiger charge is 2.29. The molecule has 1 aliphatic rings. The predicted molar refractivity (Wildman–Crippen MR) is 60.0 cm³/mol. The molecule has 1 rings (SSSR count). The molecule has 0 saturated heterocycles. The molecule has 0 amide bonds. The summed E-state index contributed by atoms with van der Waals surface area (Å²) >= 11 is 0. The van der Waals surface area contributed by atoms with Crippen LogP contribution in [0.5, 0.6) is 0 Å². The van der Waals surface area contributed by atoms with Crippen LogP contribution >= 0.6 is 0 Å². The molecule has 0 spiro atoms. The third kappa shape index (κ3) is 3.34. The molecule has 0 radical (unpaired) electrons. The average molecular weight is 240 g/mol. The van der Waals surface area contributed by atoms with Crippen LogP contribution < -0.4 is 0 Å². The van der Waals surface area contributed by atoms with Crippen molar-refractivity contribution in [2.75, 3.05) is 6.61 Å². The van der Waals surface area contributed by atoms with E-state index in [1.165, 1.54) is 0 Å². The summed E-state index contributed by atoms with van der Waals surface area (Å²) in [4.78, 5) is 22.4. The number of hydrogen-bond donors (Lipinski definition) is 1. The maximum atomic E-state index is 11.2. The van der Waals surface area contributed by atoms with Crippen molar-refractivity contribution in [1.82, 2.24) is 0 Å². The Morgan fingerprint density at radius 2 is 2.18 bits per heavy atom. The monoisotopic (exact) mass is 240 g/mol. The second-order valence-electron chi connectivity index (χ2n) is 3.58. The van der Waals surface area contributed by atoms with Gasteiger partial charge in [0.05, 0.1) is 12.7 Å². The molecule has 5 heteroatoms. The van der Waals surface area contributed by atoms with E-state index in [1.54, 1.807) is 6.92 Å². The molecule has 0 bridgehead atoms. The van der Waals surface area contributed by atoms with Gasteiger partial charge in [0.1, 0.15) is 5.76 Å². The number of aliphatic hydroxyl groups is 1. The van der Waals surface area contributed by atoms with Crippen molar-refractivity contribution in [2.24, 2.45) is 0 Å². The molecular weight excluding hydrogens is 224 g/mol. The van der Waals surface area contributed by atoms with Gasteiger partial charge >= 0.3 is 11.9 Å². The topological polar surface area (TPSA) is 72.8 Å². The van der Waals surface area contributed by atoms with Gasteiger partial charge in [0.2, 0.25) is 5.76 Å². The summed E-state index contributed by atoms with van der Waals surface area (Å²) < 4.78 is 9.51. The molecule has 0 saturated carbocycles. The van der Waals surface area contributed by atoms with E-state index in [2.05, 4.69) is 0 Å². The van der Waals surface area contributed by atoms with Crippen LogP contribution in [0.2, 0.25) is 0 Å². The number of carbonyl (C=O) groups excluding carboxylic acids is 2. The minimum absolute atomic E-state index is 0.0967. The van der Waals surface area contributed by atoms with Gasteiger partial charge in [0, 0.05) is 5.57 Å². The predicted octanol–water partition coefficient (Wildman–Crippen LogP) is 1.99. The van der Waals surface area contributed by atoms with Gasteiger partial charge in [0.15, 0.2) is 0 Å².